The first-order chi connectivity index (χ1) is 17.5. The Hall–Kier alpha value is -3.97. The maximum absolute atomic E-state index is 12.7. The third-order valence-corrected chi connectivity index (χ3v) is 5.81. The zero-order chi connectivity index (χ0) is 27.5. The summed E-state index contributed by atoms with van der Waals surface area (Å²) in [5.74, 6) is -4.35. The molecule has 202 valence electrons. The van der Waals surface area contributed by atoms with Crippen LogP contribution in [-0.2, 0) is 30.4 Å². The molecule has 0 bridgehead atoms. The number of nitrogens with two attached hydrogens (primary N) is 3. The van der Waals surface area contributed by atoms with Crippen LogP contribution in [0.1, 0.15) is 38.2 Å². The number of H-pyrrole nitrogens is 1. The first kappa shape index (κ1) is 29.3. The number of amides is 4. The molecule has 0 aliphatic rings. The van der Waals surface area contributed by atoms with Gasteiger partial charge in [-0.25, -0.2) is 4.79 Å². The van der Waals surface area contributed by atoms with Crippen LogP contribution in [0.15, 0.2) is 30.5 Å². The zero-order valence-corrected chi connectivity index (χ0v) is 20.7. The quantitative estimate of drug-likeness (QED) is 0.130. The Bertz CT molecular complexity index is 1120. The Morgan fingerprint density at radius 3 is 2.30 bits per heavy atom. The number of carboxylic acid groups (broad SMARTS) is 1. The lowest BCUT2D eigenvalue weighted by molar-refractivity contribution is -0.142. The van der Waals surface area contributed by atoms with Crippen LogP contribution in [-0.4, -0.2) is 70.4 Å². The maximum Gasteiger partial charge on any atom is 0.326 e. The minimum absolute atomic E-state index is 0.00809. The molecule has 0 saturated heterocycles. The van der Waals surface area contributed by atoms with Crippen molar-refractivity contribution in [3.05, 3.63) is 36.0 Å². The van der Waals surface area contributed by atoms with E-state index in [9.17, 15) is 29.1 Å². The van der Waals surface area contributed by atoms with Gasteiger partial charge in [0.25, 0.3) is 0 Å². The van der Waals surface area contributed by atoms with Crippen molar-refractivity contribution in [3.63, 3.8) is 0 Å². The lowest BCUT2D eigenvalue weighted by atomic mass is 10.0. The number of primary amides is 1. The van der Waals surface area contributed by atoms with Gasteiger partial charge in [-0.2, -0.15) is 0 Å². The summed E-state index contributed by atoms with van der Waals surface area (Å²) in [5.41, 5.74) is 18.0. The van der Waals surface area contributed by atoms with Crippen LogP contribution in [0.3, 0.4) is 0 Å². The van der Waals surface area contributed by atoms with E-state index < -0.39 is 60.2 Å². The van der Waals surface area contributed by atoms with Crippen molar-refractivity contribution in [1.82, 2.24) is 20.9 Å². The van der Waals surface area contributed by atoms with E-state index in [0.717, 1.165) is 10.9 Å². The molecule has 13 nitrogen and oxygen atoms in total. The number of fused-ring (bicyclic) bond motifs is 1. The molecule has 0 radical (unpaired) electrons. The highest BCUT2D eigenvalue weighted by atomic mass is 16.4. The van der Waals surface area contributed by atoms with Crippen molar-refractivity contribution in [3.8, 4) is 0 Å². The molecule has 11 N–H and O–H groups in total. The number of carbonyl (C=O) groups excluding carboxylic acids is 4. The van der Waals surface area contributed by atoms with E-state index in [1.54, 1.807) is 6.20 Å². The Balaban J connectivity index is 2.01. The van der Waals surface area contributed by atoms with Crippen LogP contribution in [0.25, 0.3) is 10.9 Å². The number of benzene rings is 1. The molecule has 4 unspecified atom stereocenters. The highest BCUT2D eigenvalue weighted by molar-refractivity contribution is 5.96. The molecule has 4 amide bonds. The molecule has 37 heavy (non-hydrogen) atoms. The molecular formula is C24H35N7O6. The van der Waals surface area contributed by atoms with Gasteiger partial charge in [0.1, 0.15) is 18.1 Å². The Kier molecular flexibility index (Phi) is 11.0. The predicted molar refractivity (Wildman–Crippen MR) is 136 cm³/mol. The van der Waals surface area contributed by atoms with Crippen molar-refractivity contribution in [2.75, 3.05) is 6.54 Å². The third kappa shape index (κ3) is 8.88. The summed E-state index contributed by atoms with van der Waals surface area (Å²) in [4.78, 5) is 64.1. The maximum atomic E-state index is 12.7. The van der Waals surface area contributed by atoms with Crippen LogP contribution in [0, 0.1) is 0 Å². The number of aliphatic carboxylic acids is 1. The van der Waals surface area contributed by atoms with E-state index in [0.29, 0.717) is 31.4 Å². The number of unbranched alkanes of at least 4 members (excludes halogenated alkanes) is 1. The van der Waals surface area contributed by atoms with Gasteiger partial charge in [-0.15, -0.1) is 0 Å². The van der Waals surface area contributed by atoms with Gasteiger partial charge >= 0.3 is 5.97 Å². The van der Waals surface area contributed by atoms with Gasteiger partial charge in [-0.3, -0.25) is 19.2 Å². The monoisotopic (exact) mass is 517 g/mol. The fourth-order valence-electron chi connectivity index (χ4n) is 3.73. The number of carbonyl (C=O) groups is 5. The molecule has 0 saturated carbocycles. The average Bonchev–Trinajstić information content (AvgIpc) is 3.25. The Labute approximate surface area is 213 Å². The highest BCUT2D eigenvalue weighted by Crippen LogP contribution is 2.19. The number of nitrogens with one attached hydrogen (secondary N) is 4. The minimum atomic E-state index is -1.36. The summed E-state index contributed by atoms with van der Waals surface area (Å²) in [7, 11) is 0. The molecule has 0 aliphatic heterocycles. The number of aromatic nitrogens is 1. The van der Waals surface area contributed by atoms with Crippen LogP contribution in [0.2, 0.25) is 0 Å². The molecule has 0 fully saturated rings. The second-order valence-electron chi connectivity index (χ2n) is 8.82. The predicted octanol–water partition coefficient (Wildman–Crippen LogP) is -1.40. The van der Waals surface area contributed by atoms with Crippen molar-refractivity contribution < 1.29 is 29.1 Å². The summed E-state index contributed by atoms with van der Waals surface area (Å²) in [6.45, 7) is 1.80. The van der Waals surface area contributed by atoms with E-state index in [4.69, 9.17) is 17.2 Å². The van der Waals surface area contributed by atoms with Gasteiger partial charge in [0.2, 0.25) is 23.6 Å². The van der Waals surface area contributed by atoms with Gasteiger partial charge in [0.15, 0.2) is 0 Å². The van der Waals surface area contributed by atoms with Crippen molar-refractivity contribution >= 4 is 40.5 Å². The number of para-hydroxylation sites is 1. The van der Waals surface area contributed by atoms with E-state index in [-0.39, 0.29) is 6.42 Å². The number of aromatic amines is 1. The van der Waals surface area contributed by atoms with E-state index in [2.05, 4.69) is 20.9 Å². The molecule has 1 heterocycles. The molecule has 0 aliphatic carbocycles. The van der Waals surface area contributed by atoms with E-state index in [1.165, 1.54) is 6.92 Å². The molecule has 2 rings (SSSR count). The number of rotatable bonds is 15. The molecule has 4 atom stereocenters. The van der Waals surface area contributed by atoms with Crippen molar-refractivity contribution in [2.45, 2.75) is 63.2 Å². The molecule has 1 aromatic heterocycles. The largest absolute Gasteiger partial charge is 0.480 e. The van der Waals surface area contributed by atoms with E-state index >= 15 is 0 Å². The summed E-state index contributed by atoms with van der Waals surface area (Å²) >= 11 is 0. The Morgan fingerprint density at radius 1 is 0.973 bits per heavy atom. The topological polar surface area (TPSA) is 236 Å². The Morgan fingerprint density at radius 2 is 1.65 bits per heavy atom. The summed E-state index contributed by atoms with van der Waals surface area (Å²) < 4.78 is 0. The summed E-state index contributed by atoms with van der Waals surface area (Å²) in [5, 5.41) is 17.7. The number of carboxylic acids is 1. The van der Waals surface area contributed by atoms with Gasteiger partial charge in [0.05, 0.1) is 12.5 Å². The van der Waals surface area contributed by atoms with Crippen LogP contribution >= 0.6 is 0 Å². The molecule has 13 heteroatoms. The van der Waals surface area contributed by atoms with Gasteiger partial charge < -0.3 is 43.2 Å². The first-order valence-electron chi connectivity index (χ1n) is 12.0. The molecular weight excluding hydrogens is 482 g/mol. The van der Waals surface area contributed by atoms with Crippen molar-refractivity contribution in [1.29, 1.82) is 0 Å². The van der Waals surface area contributed by atoms with Gasteiger partial charge in [-0.1, -0.05) is 24.6 Å². The summed E-state index contributed by atoms with van der Waals surface area (Å²) in [6.07, 6.45) is 2.79. The highest BCUT2D eigenvalue weighted by Gasteiger charge is 2.29. The average molecular weight is 518 g/mol. The van der Waals surface area contributed by atoms with Crippen LogP contribution in [0.4, 0.5) is 0 Å². The third-order valence-electron chi connectivity index (χ3n) is 5.81. The lowest BCUT2D eigenvalue weighted by Crippen LogP contribution is -2.57. The molecule has 2 aromatic rings. The zero-order valence-electron chi connectivity index (χ0n) is 20.7. The lowest BCUT2D eigenvalue weighted by Gasteiger charge is -2.23. The van der Waals surface area contributed by atoms with Gasteiger partial charge in [0, 0.05) is 23.5 Å². The summed E-state index contributed by atoms with van der Waals surface area (Å²) in [6, 6.07) is 2.62. The van der Waals surface area contributed by atoms with Crippen molar-refractivity contribution in [2.24, 2.45) is 17.2 Å². The second kappa shape index (κ2) is 13.9. The second-order valence-corrected chi connectivity index (χ2v) is 8.82. The van der Waals surface area contributed by atoms with Gasteiger partial charge in [-0.05, 0) is 37.9 Å². The number of hydrogen-bond acceptors (Lipinski definition) is 7. The van der Waals surface area contributed by atoms with Crippen LogP contribution in [0.5, 0.6) is 0 Å². The van der Waals surface area contributed by atoms with E-state index in [1.807, 2.05) is 24.3 Å². The fraction of sp³-hybridized carbons (Fsp3) is 0.458. The molecule has 0 spiro atoms. The molecule has 1 aromatic carbocycles. The minimum Gasteiger partial charge on any atom is -0.480 e. The normalized spacial score (nSPS) is 14.2. The SMILES string of the molecule is CC(NC(=O)C(CC(N)=O)NC(=O)C(N)CCCCN)C(=O)NC(Cc1c[nH]c2ccccc12)C(=O)O. The first-order valence-corrected chi connectivity index (χ1v) is 12.0. The van der Waals surface area contributed by atoms with Crippen LogP contribution < -0.4 is 33.2 Å². The fourth-order valence-corrected chi connectivity index (χ4v) is 3.73. The number of hydrogen-bond donors (Lipinski definition) is 8. The smallest absolute Gasteiger partial charge is 0.326 e. The standard InChI is InChI=1S/C24H35N7O6/c1-13(29-23(35)18(11-20(27)32)30-22(34)16(26)7-4-5-9-25)21(33)31-19(24(36)37)10-14-12-28-17-8-3-2-6-15(14)17/h2-3,6,8,12-13,16,18-19,28H,4-5,7,9-11,25-26H2,1H3,(H2,27,32)(H,29,35)(H,30,34)(H,31,33)(H,36,37).